The maximum absolute atomic E-state index is 8.78. The van der Waals surface area contributed by atoms with Crippen molar-refractivity contribution < 1.29 is 0 Å². The van der Waals surface area contributed by atoms with E-state index in [1.54, 1.807) is 0 Å². The summed E-state index contributed by atoms with van der Waals surface area (Å²) in [5, 5.41) is 8.78. The van der Waals surface area contributed by atoms with Crippen LogP contribution < -0.4 is 0 Å². The lowest BCUT2D eigenvalue weighted by molar-refractivity contribution is 0.206. The topological polar surface area (TPSA) is 27.0 Å². The Kier molecular flexibility index (Phi) is 4.99. The van der Waals surface area contributed by atoms with Gasteiger partial charge in [-0.15, -0.1) is 0 Å². The third-order valence-electron chi connectivity index (χ3n) is 4.19. The first kappa shape index (κ1) is 14.1. The third kappa shape index (κ3) is 3.58. The number of hydrogen-bond donors (Lipinski definition) is 0. The average molecular weight is 256 g/mol. The molecule has 19 heavy (non-hydrogen) atoms. The molecule has 0 saturated heterocycles. The lowest BCUT2D eigenvalue weighted by Gasteiger charge is -2.33. The second-order valence-electron chi connectivity index (χ2n) is 5.78. The lowest BCUT2D eigenvalue weighted by atomic mass is 9.82. The molecular weight excluding hydrogens is 232 g/mol. The minimum atomic E-state index is 0.516. The van der Waals surface area contributed by atoms with Crippen molar-refractivity contribution in [2.24, 2.45) is 0 Å². The molecule has 102 valence electrons. The molecule has 0 bridgehead atoms. The molecule has 0 fully saturated rings. The van der Waals surface area contributed by atoms with Crippen LogP contribution in [0.5, 0.6) is 0 Å². The maximum atomic E-state index is 8.78. The molecule has 1 atom stereocenters. The Bertz CT molecular complexity index is 445. The highest BCUT2D eigenvalue weighted by Gasteiger charge is 2.23. The number of nitrogens with zero attached hydrogens (tertiary/aromatic N) is 2. The van der Waals surface area contributed by atoms with E-state index in [2.05, 4.69) is 49.1 Å². The second kappa shape index (κ2) is 6.73. The summed E-state index contributed by atoms with van der Waals surface area (Å²) in [6, 6.07) is 11.7. The van der Waals surface area contributed by atoms with Gasteiger partial charge in [0.15, 0.2) is 0 Å². The Hall–Kier alpha value is -1.33. The molecule has 2 heteroatoms. The van der Waals surface area contributed by atoms with Gasteiger partial charge in [-0.2, -0.15) is 5.26 Å². The van der Waals surface area contributed by atoms with E-state index in [1.165, 1.54) is 30.4 Å². The van der Waals surface area contributed by atoms with Crippen LogP contribution in [0.2, 0.25) is 0 Å². The molecule has 1 unspecified atom stereocenters. The molecule has 0 aliphatic heterocycles. The molecule has 0 amide bonds. The molecule has 0 spiro atoms. The predicted molar refractivity (Wildman–Crippen MR) is 79.1 cm³/mol. The van der Waals surface area contributed by atoms with Gasteiger partial charge in [0.1, 0.15) is 0 Å². The standard InChI is InChI=1S/C17H24N2/c1-14(2)19(12-6-11-18)13-16-9-5-8-15-7-3-4-10-17(15)16/h3-4,7,10,14,16H,5-6,8-9,12-13H2,1-2H3. The van der Waals surface area contributed by atoms with Crippen LogP contribution in [0.3, 0.4) is 0 Å². The normalized spacial score (nSPS) is 18.4. The van der Waals surface area contributed by atoms with E-state index >= 15 is 0 Å². The Morgan fingerprint density at radius 3 is 2.89 bits per heavy atom. The molecular formula is C17H24N2. The van der Waals surface area contributed by atoms with Gasteiger partial charge in [0, 0.05) is 25.6 Å². The largest absolute Gasteiger partial charge is 0.299 e. The molecule has 0 aromatic heterocycles. The molecule has 2 nitrogen and oxygen atoms in total. The highest BCUT2D eigenvalue weighted by molar-refractivity contribution is 5.32. The van der Waals surface area contributed by atoms with Crippen molar-refractivity contribution in [3.8, 4) is 6.07 Å². The predicted octanol–water partition coefficient (Wildman–Crippen LogP) is 3.73. The van der Waals surface area contributed by atoms with Gasteiger partial charge in [0.05, 0.1) is 6.07 Å². The first-order valence-electron chi connectivity index (χ1n) is 7.41. The van der Waals surface area contributed by atoms with Crippen molar-refractivity contribution in [3.05, 3.63) is 35.4 Å². The Morgan fingerprint density at radius 2 is 2.16 bits per heavy atom. The second-order valence-corrected chi connectivity index (χ2v) is 5.78. The fourth-order valence-corrected chi connectivity index (χ4v) is 3.08. The number of nitriles is 1. The summed E-state index contributed by atoms with van der Waals surface area (Å²) in [6.45, 7) is 6.45. The zero-order valence-corrected chi connectivity index (χ0v) is 12.1. The number of benzene rings is 1. The maximum Gasteiger partial charge on any atom is 0.0635 e. The van der Waals surface area contributed by atoms with Crippen LogP contribution in [0.25, 0.3) is 0 Å². The van der Waals surface area contributed by atoms with Gasteiger partial charge < -0.3 is 0 Å². The molecule has 1 aliphatic rings. The van der Waals surface area contributed by atoms with Gasteiger partial charge >= 0.3 is 0 Å². The van der Waals surface area contributed by atoms with Crippen LogP contribution in [-0.2, 0) is 6.42 Å². The minimum Gasteiger partial charge on any atom is -0.299 e. The quantitative estimate of drug-likeness (QED) is 0.802. The summed E-state index contributed by atoms with van der Waals surface area (Å²) >= 11 is 0. The van der Waals surface area contributed by atoms with Crippen LogP contribution in [0.1, 0.15) is 50.2 Å². The summed E-state index contributed by atoms with van der Waals surface area (Å²) in [4.78, 5) is 2.45. The smallest absolute Gasteiger partial charge is 0.0635 e. The van der Waals surface area contributed by atoms with Crippen molar-refractivity contribution in [3.63, 3.8) is 0 Å². The van der Waals surface area contributed by atoms with Crippen molar-refractivity contribution in [1.29, 1.82) is 5.26 Å². The first-order chi connectivity index (χ1) is 9.22. The molecule has 1 aromatic carbocycles. The van der Waals surface area contributed by atoms with Gasteiger partial charge in [0.25, 0.3) is 0 Å². The fraction of sp³-hybridized carbons (Fsp3) is 0.588. The fourth-order valence-electron chi connectivity index (χ4n) is 3.08. The molecule has 0 saturated carbocycles. The van der Waals surface area contributed by atoms with Crippen LogP contribution in [0.4, 0.5) is 0 Å². The first-order valence-corrected chi connectivity index (χ1v) is 7.41. The van der Waals surface area contributed by atoms with E-state index in [-0.39, 0.29) is 0 Å². The molecule has 2 rings (SSSR count). The van der Waals surface area contributed by atoms with Crippen molar-refractivity contribution >= 4 is 0 Å². The Morgan fingerprint density at radius 1 is 1.37 bits per heavy atom. The molecule has 1 aliphatic carbocycles. The van der Waals surface area contributed by atoms with Gasteiger partial charge in [-0.05, 0) is 50.2 Å². The van der Waals surface area contributed by atoms with Crippen LogP contribution in [0, 0.1) is 11.3 Å². The number of rotatable bonds is 5. The van der Waals surface area contributed by atoms with E-state index in [9.17, 15) is 0 Å². The monoisotopic (exact) mass is 256 g/mol. The van der Waals surface area contributed by atoms with E-state index in [0.29, 0.717) is 18.4 Å². The number of hydrogen-bond acceptors (Lipinski definition) is 2. The summed E-state index contributed by atoms with van der Waals surface area (Å²) in [6.07, 6.45) is 4.44. The Labute approximate surface area is 117 Å². The van der Waals surface area contributed by atoms with Crippen LogP contribution in [0.15, 0.2) is 24.3 Å². The summed E-state index contributed by atoms with van der Waals surface area (Å²) < 4.78 is 0. The zero-order chi connectivity index (χ0) is 13.7. The van der Waals surface area contributed by atoms with Gasteiger partial charge in [0.2, 0.25) is 0 Å². The van der Waals surface area contributed by atoms with Crippen molar-refractivity contribution in [2.75, 3.05) is 13.1 Å². The summed E-state index contributed by atoms with van der Waals surface area (Å²) in [5.41, 5.74) is 3.07. The summed E-state index contributed by atoms with van der Waals surface area (Å²) in [7, 11) is 0. The van der Waals surface area contributed by atoms with Crippen molar-refractivity contribution in [2.45, 2.75) is 51.5 Å². The zero-order valence-electron chi connectivity index (χ0n) is 12.1. The van der Waals surface area contributed by atoms with Crippen LogP contribution in [-0.4, -0.2) is 24.0 Å². The molecule has 0 N–H and O–H groups in total. The number of aryl methyl sites for hydroxylation is 1. The van der Waals surface area contributed by atoms with E-state index in [0.717, 1.165) is 13.1 Å². The van der Waals surface area contributed by atoms with Gasteiger partial charge in [-0.25, -0.2) is 0 Å². The molecule has 0 radical (unpaired) electrons. The van der Waals surface area contributed by atoms with E-state index < -0.39 is 0 Å². The highest BCUT2D eigenvalue weighted by Crippen LogP contribution is 2.32. The van der Waals surface area contributed by atoms with Crippen LogP contribution >= 0.6 is 0 Å². The number of fused-ring (bicyclic) bond motifs is 1. The molecule has 1 aromatic rings. The SMILES string of the molecule is CC(C)N(CCC#N)CC1CCCc2ccccc21. The minimum absolute atomic E-state index is 0.516. The van der Waals surface area contributed by atoms with E-state index in [4.69, 9.17) is 5.26 Å². The Balaban J connectivity index is 2.08. The third-order valence-corrected chi connectivity index (χ3v) is 4.19. The summed E-state index contributed by atoms with van der Waals surface area (Å²) in [5.74, 6) is 0.644. The highest BCUT2D eigenvalue weighted by atomic mass is 15.1. The molecule has 0 heterocycles. The average Bonchev–Trinajstić information content (AvgIpc) is 2.43. The lowest BCUT2D eigenvalue weighted by Crippen LogP contribution is -2.36. The van der Waals surface area contributed by atoms with Crippen molar-refractivity contribution in [1.82, 2.24) is 4.90 Å². The van der Waals surface area contributed by atoms with Gasteiger partial charge in [-0.3, -0.25) is 4.90 Å². The van der Waals surface area contributed by atoms with Gasteiger partial charge in [-0.1, -0.05) is 24.3 Å². The van der Waals surface area contributed by atoms with E-state index in [1.807, 2.05) is 0 Å².